The third-order valence-electron chi connectivity index (χ3n) is 7.48. The molecule has 0 aromatic heterocycles. The van der Waals surface area contributed by atoms with Crippen molar-refractivity contribution in [2.75, 3.05) is 0 Å². The molecule has 1 heterocycles. The number of carbonyl (C=O) groups excluding carboxylic acids is 2. The Morgan fingerprint density at radius 1 is 1.20 bits per heavy atom. The maximum Gasteiger partial charge on any atom is 0.311 e. The largest absolute Gasteiger partial charge is 0.462 e. The first-order valence-electron chi connectivity index (χ1n) is 11.6. The molecule has 30 heavy (non-hydrogen) atoms. The second-order valence-corrected chi connectivity index (χ2v) is 10.0. The van der Waals surface area contributed by atoms with Crippen LogP contribution >= 0.6 is 0 Å². The maximum absolute atomic E-state index is 12.6. The van der Waals surface area contributed by atoms with Crippen molar-refractivity contribution >= 4 is 11.9 Å². The molecular formula is C24H38O6. The first-order chi connectivity index (χ1) is 14.2. The van der Waals surface area contributed by atoms with E-state index in [4.69, 9.17) is 9.47 Å². The van der Waals surface area contributed by atoms with Crippen LogP contribution in [0.5, 0.6) is 0 Å². The molecule has 6 heteroatoms. The van der Waals surface area contributed by atoms with Crippen LogP contribution in [0.3, 0.4) is 0 Å². The molecule has 2 N–H and O–H groups in total. The van der Waals surface area contributed by atoms with E-state index in [9.17, 15) is 19.8 Å². The molecule has 0 bridgehead atoms. The molecular weight excluding hydrogens is 384 g/mol. The van der Waals surface area contributed by atoms with Gasteiger partial charge in [0.2, 0.25) is 0 Å². The van der Waals surface area contributed by atoms with Gasteiger partial charge in [-0.05, 0) is 63.2 Å². The Labute approximate surface area is 180 Å². The fraction of sp³-hybridized carbons (Fsp3) is 0.833. The second-order valence-electron chi connectivity index (χ2n) is 10.0. The molecule has 3 aliphatic rings. The first-order valence-corrected chi connectivity index (χ1v) is 11.6. The van der Waals surface area contributed by atoms with E-state index in [1.54, 1.807) is 13.8 Å². The molecule has 3 rings (SSSR count). The van der Waals surface area contributed by atoms with Crippen LogP contribution in [0.1, 0.15) is 66.2 Å². The third kappa shape index (κ3) is 5.44. The van der Waals surface area contributed by atoms with E-state index in [0.29, 0.717) is 30.1 Å². The van der Waals surface area contributed by atoms with Gasteiger partial charge in [-0.1, -0.05) is 26.0 Å². The van der Waals surface area contributed by atoms with Crippen LogP contribution in [0.4, 0.5) is 0 Å². The topological polar surface area (TPSA) is 93.1 Å². The van der Waals surface area contributed by atoms with Gasteiger partial charge in [0, 0.05) is 12.3 Å². The van der Waals surface area contributed by atoms with Crippen LogP contribution in [-0.2, 0) is 19.1 Å². The molecule has 10 unspecified atom stereocenters. The van der Waals surface area contributed by atoms with Crippen LogP contribution in [0.2, 0.25) is 0 Å². The smallest absolute Gasteiger partial charge is 0.311 e. The summed E-state index contributed by atoms with van der Waals surface area (Å²) in [5.74, 6) is 0.554. The highest BCUT2D eigenvalue weighted by Crippen LogP contribution is 2.48. The first kappa shape index (κ1) is 23.3. The molecule has 0 aromatic rings. The van der Waals surface area contributed by atoms with Crippen molar-refractivity contribution in [2.45, 2.75) is 90.6 Å². The predicted octanol–water partition coefficient (Wildman–Crippen LogP) is 3.25. The monoisotopic (exact) mass is 422 g/mol. The number of esters is 2. The lowest BCUT2D eigenvalue weighted by Gasteiger charge is -2.47. The number of aliphatic hydroxyl groups excluding tert-OH is 2. The number of cyclic esters (lactones) is 1. The number of rotatable bonds is 6. The van der Waals surface area contributed by atoms with Gasteiger partial charge < -0.3 is 19.7 Å². The highest BCUT2D eigenvalue weighted by atomic mass is 16.6. The number of aliphatic hydroxyl groups is 2. The van der Waals surface area contributed by atoms with Gasteiger partial charge >= 0.3 is 11.9 Å². The zero-order chi connectivity index (χ0) is 22.0. The molecule has 1 aliphatic heterocycles. The Balaban J connectivity index is 1.72. The van der Waals surface area contributed by atoms with Crippen molar-refractivity contribution in [1.82, 2.24) is 0 Å². The predicted molar refractivity (Wildman–Crippen MR) is 112 cm³/mol. The minimum atomic E-state index is -0.734. The van der Waals surface area contributed by atoms with E-state index in [-0.39, 0.29) is 36.5 Å². The normalized spacial score (nSPS) is 40.8. The second kappa shape index (κ2) is 9.82. The quantitative estimate of drug-likeness (QED) is 0.504. The van der Waals surface area contributed by atoms with Crippen molar-refractivity contribution < 1.29 is 29.3 Å². The summed E-state index contributed by atoms with van der Waals surface area (Å²) in [6.07, 6.45) is 6.92. The number of carbonyl (C=O) groups is 2. The van der Waals surface area contributed by atoms with Crippen molar-refractivity contribution in [2.24, 2.45) is 35.5 Å². The highest BCUT2D eigenvalue weighted by molar-refractivity contribution is 5.72. The van der Waals surface area contributed by atoms with Gasteiger partial charge in [-0.25, -0.2) is 0 Å². The van der Waals surface area contributed by atoms with E-state index in [0.717, 1.165) is 25.7 Å². The molecule has 0 aromatic carbocycles. The number of hydrogen-bond acceptors (Lipinski definition) is 6. The Morgan fingerprint density at radius 2 is 1.93 bits per heavy atom. The van der Waals surface area contributed by atoms with E-state index in [2.05, 4.69) is 26.0 Å². The Kier molecular flexibility index (Phi) is 7.61. The standard InChI is InChI=1S/C24H38O6/c1-13-9-17-6-5-14(2)20(8-7-19-11-18(26)12-22(27)29-19)23(17)21(10-13)30-24(28)15(3)16(4)25/h5-6,13-21,23,25-26H,7-12H2,1-4H3. The van der Waals surface area contributed by atoms with Gasteiger partial charge in [-0.3, -0.25) is 9.59 Å². The summed E-state index contributed by atoms with van der Waals surface area (Å²) in [6, 6.07) is 0. The molecule has 0 radical (unpaired) electrons. The third-order valence-corrected chi connectivity index (χ3v) is 7.48. The van der Waals surface area contributed by atoms with Gasteiger partial charge in [-0.2, -0.15) is 0 Å². The number of allylic oxidation sites excluding steroid dienone is 2. The molecule has 10 atom stereocenters. The van der Waals surface area contributed by atoms with E-state index in [1.165, 1.54) is 0 Å². The lowest BCUT2D eigenvalue weighted by Crippen LogP contribution is -2.46. The SMILES string of the molecule is CC1CC2C=CC(C)C(CCC3CC(O)CC(=O)O3)C2C(OC(=O)C(C)C(C)O)C1. The minimum absolute atomic E-state index is 0.0845. The number of hydrogen-bond donors (Lipinski definition) is 2. The summed E-state index contributed by atoms with van der Waals surface area (Å²) in [7, 11) is 0. The zero-order valence-corrected chi connectivity index (χ0v) is 18.7. The summed E-state index contributed by atoms with van der Waals surface area (Å²) in [6.45, 7) is 7.74. The fourth-order valence-corrected chi connectivity index (χ4v) is 5.61. The van der Waals surface area contributed by atoms with Gasteiger partial charge in [0.1, 0.15) is 12.2 Å². The van der Waals surface area contributed by atoms with Crippen LogP contribution in [0.15, 0.2) is 12.2 Å². The van der Waals surface area contributed by atoms with Crippen molar-refractivity contribution in [3.8, 4) is 0 Å². The van der Waals surface area contributed by atoms with Gasteiger partial charge in [0.15, 0.2) is 0 Å². The minimum Gasteiger partial charge on any atom is -0.462 e. The lowest BCUT2D eigenvalue weighted by molar-refractivity contribution is -0.168. The van der Waals surface area contributed by atoms with Crippen molar-refractivity contribution in [3.05, 3.63) is 12.2 Å². The highest BCUT2D eigenvalue weighted by Gasteiger charge is 2.45. The molecule has 1 saturated heterocycles. The summed E-state index contributed by atoms with van der Waals surface area (Å²) < 4.78 is 11.5. The average Bonchev–Trinajstić information content (AvgIpc) is 2.65. The molecule has 1 saturated carbocycles. The van der Waals surface area contributed by atoms with Crippen molar-refractivity contribution in [3.63, 3.8) is 0 Å². The number of ether oxygens (including phenoxy) is 2. The molecule has 2 fully saturated rings. The molecule has 170 valence electrons. The van der Waals surface area contributed by atoms with Crippen LogP contribution in [0.25, 0.3) is 0 Å². The van der Waals surface area contributed by atoms with E-state index >= 15 is 0 Å². The lowest BCUT2D eigenvalue weighted by atomic mass is 9.60. The Bertz CT molecular complexity index is 644. The van der Waals surface area contributed by atoms with Gasteiger partial charge in [-0.15, -0.1) is 0 Å². The van der Waals surface area contributed by atoms with Crippen LogP contribution in [-0.4, -0.2) is 46.6 Å². The molecule has 0 amide bonds. The summed E-state index contributed by atoms with van der Waals surface area (Å²) in [5, 5.41) is 19.7. The summed E-state index contributed by atoms with van der Waals surface area (Å²) in [4.78, 5) is 24.3. The van der Waals surface area contributed by atoms with Gasteiger partial charge in [0.05, 0.1) is 24.5 Å². The van der Waals surface area contributed by atoms with E-state index in [1.807, 2.05) is 0 Å². The van der Waals surface area contributed by atoms with Crippen LogP contribution < -0.4 is 0 Å². The van der Waals surface area contributed by atoms with Crippen molar-refractivity contribution in [1.29, 1.82) is 0 Å². The maximum atomic E-state index is 12.6. The number of fused-ring (bicyclic) bond motifs is 1. The Hall–Kier alpha value is -1.40. The van der Waals surface area contributed by atoms with E-state index < -0.39 is 18.1 Å². The summed E-state index contributed by atoms with van der Waals surface area (Å²) in [5.41, 5.74) is 0. The fourth-order valence-electron chi connectivity index (χ4n) is 5.61. The molecule has 0 spiro atoms. The Morgan fingerprint density at radius 3 is 2.60 bits per heavy atom. The zero-order valence-electron chi connectivity index (χ0n) is 18.7. The van der Waals surface area contributed by atoms with Gasteiger partial charge in [0.25, 0.3) is 0 Å². The van der Waals surface area contributed by atoms with Crippen LogP contribution in [0, 0.1) is 35.5 Å². The molecule has 2 aliphatic carbocycles. The average molecular weight is 423 g/mol. The molecule has 6 nitrogen and oxygen atoms in total. The summed E-state index contributed by atoms with van der Waals surface area (Å²) >= 11 is 0.